The lowest BCUT2D eigenvalue weighted by molar-refractivity contribution is -0.136. The molecule has 2 aliphatic rings. The first-order valence-corrected chi connectivity index (χ1v) is 12.8. The van der Waals surface area contributed by atoms with E-state index in [1.165, 1.54) is 17.1 Å². The number of benzene rings is 1. The zero-order chi connectivity index (χ0) is 22.3. The Kier molecular flexibility index (Phi) is 5.32. The molecule has 3 aromatic rings. The minimum absolute atomic E-state index is 0.00523. The zero-order valence-corrected chi connectivity index (χ0v) is 18.4. The summed E-state index contributed by atoms with van der Waals surface area (Å²) in [6, 6.07) is 9.12. The molecule has 10 heteroatoms. The summed E-state index contributed by atoms with van der Waals surface area (Å²) in [4.78, 5) is 32.6. The van der Waals surface area contributed by atoms with E-state index in [1.807, 2.05) is 30.3 Å². The normalized spacial score (nSPS) is 20.7. The highest BCUT2D eigenvalue weighted by atomic mass is 32.2. The Morgan fingerprint density at radius 2 is 1.84 bits per heavy atom. The zero-order valence-electron chi connectivity index (χ0n) is 17.6. The summed E-state index contributed by atoms with van der Waals surface area (Å²) < 4.78 is 27.0. The average molecular weight is 456 g/mol. The molecule has 0 N–H and O–H groups in total. The van der Waals surface area contributed by atoms with Crippen LogP contribution in [0.4, 0.5) is 0 Å². The van der Waals surface area contributed by atoms with Crippen molar-refractivity contribution in [3.8, 4) is 5.69 Å². The van der Waals surface area contributed by atoms with E-state index in [0.717, 1.165) is 31.4 Å². The first-order chi connectivity index (χ1) is 15.4. The molecule has 3 heterocycles. The van der Waals surface area contributed by atoms with Gasteiger partial charge in [0.05, 0.1) is 23.4 Å². The van der Waals surface area contributed by atoms with Crippen molar-refractivity contribution in [2.24, 2.45) is 0 Å². The summed E-state index contributed by atoms with van der Waals surface area (Å²) in [5, 5.41) is 4.64. The van der Waals surface area contributed by atoms with Crippen LogP contribution in [0, 0.1) is 0 Å². The second-order valence-electron chi connectivity index (χ2n) is 8.60. The van der Waals surface area contributed by atoms with E-state index < -0.39 is 9.84 Å². The maximum atomic E-state index is 13.3. The lowest BCUT2D eigenvalue weighted by Crippen LogP contribution is -2.49. The highest BCUT2D eigenvalue weighted by Gasteiger charge is 2.39. The number of hydrogen-bond acceptors (Lipinski definition) is 6. The Labute approximate surface area is 185 Å². The van der Waals surface area contributed by atoms with Gasteiger partial charge in [-0.25, -0.2) is 18.1 Å². The van der Waals surface area contributed by atoms with Gasteiger partial charge in [-0.1, -0.05) is 31.0 Å². The smallest absolute Gasteiger partial charge is 0.264 e. The van der Waals surface area contributed by atoms with Crippen LogP contribution in [0.5, 0.6) is 0 Å². The molecule has 9 nitrogen and oxygen atoms in total. The van der Waals surface area contributed by atoms with Gasteiger partial charge in [-0.3, -0.25) is 14.2 Å². The van der Waals surface area contributed by atoms with Crippen LogP contribution >= 0.6 is 0 Å². The van der Waals surface area contributed by atoms with E-state index in [9.17, 15) is 18.0 Å². The van der Waals surface area contributed by atoms with Crippen LogP contribution in [0.3, 0.4) is 0 Å². The molecule has 0 spiro atoms. The number of sulfone groups is 1. The quantitative estimate of drug-likeness (QED) is 0.578. The van der Waals surface area contributed by atoms with Crippen LogP contribution in [-0.4, -0.2) is 62.1 Å². The second kappa shape index (κ2) is 8.16. The van der Waals surface area contributed by atoms with Gasteiger partial charge in [0.25, 0.3) is 5.56 Å². The van der Waals surface area contributed by atoms with Gasteiger partial charge < -0.3 is 4.90 Å². The summed E-state index contributed by atoms with van der Waals surface area (Å²) in [5.41, 5.74) is 0.883. The van der Waals surface area contributed by atoms with Crippen LogP contribution in [-0.2, 0) is 21.2 Å². The van der Waals surface area contributed by atoms with Gasteiger partial charge in [0, 0.05) is 12.1 Å². The van der Waals surface area contributed by atoms with Crippen molar-refractivity contribution in [2.45, 2.75) is 50.7 Å². The Morgan fingerprint density at radius 1 is 1.09 bits per heavy atom. The van der Waals surface area contributed by atoms with Crippen LogP contribution in [0.15, 0.2) is 47.7 Å². The summed E-state index contributed by atoms with van der Waals surface area (Å²) in [7, 11) is -3.12. The number of nitrogens with zero attached hydrogens (tertiary/aromatic N) is 5. The van der Waals surface area contributed by atoms with Crippen molar-refractivity contribution in [1.82, 2.24) is 24.2 Å². The predicted octanol–water partition coefficient (Wildman–Crippen LogP) is 1.54. The SMILES string of the molecule is O=C(Cn1cnc2c(cnn2-c2ccccc2)c1=O)N(C1CCCC1)[C@H]1CCS(=O)(=O)C1. The molecule has 5 rings (SSSR count). The van der Waals surface area contributed by atoms with E-state index in [0.29, 0.717) is 17.5 Å². The largest absolute Gasteiger partial charge is 0.334 e. The average Bonchev–Trinajstić information content (AvgIpc) is 3.52. The number of carbonyl (C=O) groups is 1. The highest BCUT2D eigenvalue weighted by molar-refractivity contribution is 7.91. The lowest BCUT2D eigenvalue weighted by atomic mass is 10.1. The van der Waals surface area contributed by atoms with Crippen molar-refractivity contribution in [1.29, 1.82) is 0 Å². The molecule has 1 atom stereocenters. The van der Waals surface area contributed by atoms with Crippen molar-refractivity contribution in [3.05, 3.63) is 53.2 Å². The van der Waals surface area contributed by atoms with Gasteiger partial charge in [0.1, 0.15) is 18.3 Å². The summed E-state index contributed by atoms with van der Waals surface area (Å²) >= 11 is 0. The van der Waals surface area contributed by atoms with Gasteiger partial charge in [-0.2, -0.15) is 5.10 Å². The van der Waals surface area contributed by atoms with Crippen molar-refractivity contribution < 1.29 is 13.2 Å². The Hall–Kier alpha value is -3.01. The maximum Gasteiger partial charge on any atom is 0.264 e. The molecule has 168 valence electrons. The molecule has 1 aliphatic carbocycles. The van der Waals surface area contributed by atoms with Crippen LogP contribution in [0.25, 0.3) is 16.7 Å². The minimum atomic E-state index is -3.12. The number of aromatic nitrogens is 4. The number of para-hydroxylation sites is 1. The lowest BCUT2D eigenvalue weighted by Gasteiger charge is -2.34. The number of rotatable bonds is 5. The van der Waals surface area contributed by atoms with Crippen LogP contribution in [0.1, 0.15) is 32.1 Å². The van der Waals surface area contributed by atoms with Crippen molar-refractivity contribution in [2.75, 3.05) is 11.5 Å². The van der Waals surface area contributed by atoms with Gasteiger partial charge in [-0.15, -0.1) is 0 Å². The molecule has 1 aliphatic heterocycles. The molecular weight excluding hydrogens is 430 g/mol. The molecular formula is C22H25N5O4S. The third-order valence-corrected chi connectivity index (χ3v) is 8.22. The molecule has 1 saturated heterocycles. The third kappa shape index (κ3) is 3.83. The summed E-state index contributed by atoms with van der Waals surface area (Å²) in [6.45, 7) is -0.161. The van der Waals surface area contributed by atoms with Gasteiger partial charge in [0.2, 0.25) is 5.91 Å². The molecule has 1 saturated carbocycles. The molecule has 0 unspecified atom stereocenters. The standard InChI is InChI=1S/C22H25N5O4S/c28-20(26(16-6-4-5-7-16)18-10-11-32(30,31)14-18)13-25-15-23-21-19(22(25)29)12-24-27(21)17-8-2-1-3-9-17/h1-3,8-9,12,15-16,18H,4-7,10-11,13-14H2/t18-/m0/s1. The van der Waals surface area contributed by atoms with E-state index in [-0.39, 0.29) is 41.6 Å². The fourth-order valence-electron chi connectivity index (χ4n) is 4.93. The van der Waals surface area contributed by atoms with Crippen LogP contribution < -0.4 is 5.56 Å². The third-order valence-electron chi connectivity index (χ3n) is 6.47. The molecule has 32 heavy (non-hydrogen) atoms. The van der Waals surface area contributed by atoms with Crippen LogP contribution in [0.2, 0.25) is 0 Å². The Morgan fingerprint density at radius 3 is 2.53 bits per heavy atom. The number of fused-ring (bicyclic) bond motifs is 1. The predicted molar refractivity (Wildman–Crippen MR) is 119 cm³/mol. The van der Waals surface area contributed by atoms with Crippen molar-refractivity contribution in [3.63, 3.8) is 0 Å². The van der Waals surface area contributed by atoms with E-state index in [4.69, 9.17) is 0 Å². The number of carbonyl (C=O) groups excluding carboxylic acids is 1. The van der Waals surface area contributed by atoms with Gasteiger partial charge in [0.15, 0.2) is 15.5 Å². The Balaban J connectivity index is 1.44. The molecule has 2 aromatic heterocycles. The molecule has 0 bridgehead atoms. The highest BCUT2D eigenvalue weighted by Crippen LogP contribution is 2.29. The first kappa shape index (κ1) is 20.9. The van der Waals surface area contributed by atoms with Gasteiger partial charge >= 0.3 is 0 Å². The second-order valence-corrected chi connectivity index (χ2v) is 10.8. The molecule has 1 amide bonds. The van der Waals surface area contributed by atoms with E-state index in [1.54, 1.807) is 9.58 Å². The topological polar surface area (TPSA) is 107 Å². The molecule has 1 aromatic carbocycles. The fraction of sp³-hybridized carbons (Fsp3) is 0.455. The van der Waals surface area contributed by atoms with Crippen molar-refractivity contribution >= 4 is 26.8 Å². The maximum absolute atomic E-state index is 13.3. The van der Waals surface area contributed by atoms with E-state index >= 15 is 0 Å². The number of amides is 1. The summed E-state index contributed by atoms with van der Waals surface area (Å²) in [6.07, 6.45) is 7.11. The first-order valence-electron chi connectivity index (χ1n) is 10.9. The van der Waals surface area contributed by atoms with Gasteiger partial charge in [-0.05, 0) is 31.4 Å². The molecule has 0 radical (unpaired) electrons. The molecule has 2 fully saturated rings. The van der Waals surface area contributed by atoms with E-state index in [2.05, 4.69) is 10.1 Å². The summed E-state index contributed by atoms with van der Waals surface area (Å²) in [5.74, 6) is -0.108. The minimum Gasteiger partial charge on any atom is -0.334 e. The fourth-order valence-corrected chi connectivity index (χ4v) is 6.64. The Bertz CT molecular complexity index is 1310. The number of hydrogen-bond donors (Lipinski definition) is 0. The monoisotopic (exact) mass is 455 g/mol.